The van der Waals surface area contributed by atoms with E-state index in [1.54, 1.807) is 18.7 Å². The van der Waals surface area contributed by atoms with Crippen LogP contribution in [0.25, 0.3) is 0 Å². The molecule has 39 heavy (non-hydrogen) atoms. The first-order chi connectivity index (χ1) is 18.9. The number of allylic oxidation sites excluding steroid dienone is 10. The van der Waals surface area contributed by atoms with Gasteiger partial charge in [-0.3, -0.25) is 4.79 Å². The number of unbranched alkanes of at least 4 members (excludes halogenated alkanes) is 2. The second kappa shape index (κ2) is 25.0. The first-order valence-corrected chi connectivity index (χ1v) is 16.2. The van der Waals surface area contributed by atoms with Crippen molar-refractivity contribution < 1.29 is 14.3 Å². The van der Waals surface area contributed by atoms with Crippen LogP contribution in [0.2, 0.25) is 0 Å². The molecule has 1 amide bonds. The standard InChI is InChI=1S/C34H57NO3S/c1-7-11-12-13-14-15-16-17-18-19-20-21-22-23-24-25-26-27-28-39-34(8-2,9-3)33(37)35-31(29-30(5)6)32(36)38-10-4/h11-12,14-15,17-18,20-21,23-24,30-31H,7-10,13,16,19,22,25-29H2,1-6H3,(H,35,37)/t31-/m0/s1. The number of thioether (sulfide) groups is 1. The van der Waals surface area contributed by atoms with Crippen LogP contribution in [0, 0.1) is 5.92 Å². The average Bonchev–Trinajstić information content (AvgIpc) is 2.91. The summed E-state index contributed by atoms with van der Waals surface area (Å²) < 4.78 is 4.71. The fourth-order valence-corrected chi connectivity index (χ4v) is 5.40. The maximum absolute atomic E-state index is 13.3. The summed E-state index contributed by atoms with van der Waals surface area (Å²) >= 11 is 1.74. The zero-order valence-electron chi connectivity index (χ0n) is 25.8. The molecule has 0 spiro atoms. The van der Waals surface area contributed by atoms with Gasteiger partial charge in [-0.05, 0) is 89.2 Å². The van der Waals surface area contributed by atoms with Crippen molar-refractivity contribution in [2.24, 2.45) is 5.92 Å². The van der Waals surface area contributed by atoms with Gasteiger partial charge >= 0.3 is 5.97 Å². The molecular formula is C34H57NO3S. The largest absolute Gasteiger partial charge is 0.464 e. The second-order valence-corrected chi connectivity index (χ2v) is 11.6. The predicted molar refractivity (Wildman–Crippen MR) is 172 cm³/mol. The summed E-state index contributed by atoms with van der Waals surface area (Å²) in [7, 11) is 0. The van der Waals surface area contributed by atoms with Crippen LogP contribution in [0.15, 0.2) is 60.8 Å². The molecule has 0 unspecified atom stereocenters. The SMILES string of the molecule is CCC=CCC=CCC=CCC=CCC=CCCCCSC(CC)(CC)C(=O)N[C@@H](CC(C)C)C(=O)OCC. The quantitative estimate of drug-likeness (QED) is 0.0770. The van der Waals surface area contributed by atoms with Crippen molar-refractivity contribution in [1.29, 1.82) is 0 Å². The topological polar surface area (TPSA) is 55.4 Å². The van der Waals surface area contributed by atoms with Crippen LogP contribution in [0.1, 0.15) is 112 Å². The van der Waals surface area contributed by atoms with E-state index in [-0.39, 0.29) is 11.9 Å². The Hall–Kier alpha value is -2.01. The first kappa shape index (κ1) is 37.0. The van der Waals surface area contributed by atoms with Gasteiger partial charge in [0.05, 0.1) is 11.4 Å². The Balaban J connectivity index is 4.30. The first-order valence-electron chi connectivity index (χ1n) is 15.2. The number of ether oxygens (including phenoxy) is 1. The molecule has 0 aromatic carbocycles. The molecule has 0 aliphatic heterocycles. The van der Waals surface area contributed by atoms with Gasteiger partial charge in [0.25, 0.3) is 0 Å². The highest BCUT2D eigenvalue weighted by Crippen LogP contribution is 2.34. The molecule has 0 saturated carbocycles. The molecule has 1 atom stereocenters. The van der Waals surface area contributed by atoms with Gasteiger partial charge in [0.2, 0.25) is 5.91 Å². The predicted octanol–water partition coefficient (Wildman–Crippen LogP) is 9.29. The molecule has 0 bridgehead atoms. The van der Waals surface area contributed by atoms with Crippen molar-refractivity contribution in [3.8, 4) is 0 Å². The van der Waals surface area contributed by atoms with E-state index in [0.29, 0.717) is 18.9 Å². The van der Waals surface area contributed by atoms with Gasteiger partial charge in [-0.1, -0.05) is 95.4 Å². The minimum Gasteiger partial charge on any atom is -0.464 e. The summed E-state index contributed by atoms with van der Waals surface area (Å²) in [5.41, 5.74) is 0. The number of rotatable bonds is 23. The Morgan fingerprint density at radius 1 is 0.769 bits per heavy atom. The van der Waals surface area contributed by atoms with E-state index in [4.69, 9.17) is 4.74 Å². The molecule has 0 aliphatic carbocycles. The van der Waals surface area contributed by atoms with Crippen LogP contribution in [-0.2, 0) is 14.3 Å². The fourth-order valence-electron chi connectivity index (χ4n) is 4.06. The lowest BCUT2D eigenvalue weighted by Gasteiger charge is -2.32. The van der Waals surface area contributed by atoms with Crippen molar-refractivity contribution in [2.45, 2.75) is 123 Å². The molecule has 1 N–H and O–H groups in total. The van der Waals surface area contributed by atoms with Crippen molar-refractivity contribution >= 4 is 23.6 Å². The second-order valence-electron chi connectivity index (χ2n) is 10.2. The molecule has 0 aliphatic rings. The molecule has 0 saturated heterocycles. The van der Waals surface area contributed by atoms with E-state index in [9.17, 15) is 9.59 Å². The van der Waals surface area contributed by atoms with Crippen LogP contribution in [0.3, 0.4) is 0 Å². The summed E-state index contributed by atoms with van der Waals surface area (Å²) in [5, 5.41) is 3.03. The summed E-state index contributed by atoms with van der Waals surface area (Å²) in [6.45, 7) is 12.5. The van der Waals surface area contributed by atoms with Crippen LogP contribution in [0.5, 0.6) is 0 Å². The van der Waals surface area contributed by atoms with Crippen molar-refractivity contribution in [2.75, 3.05) is 12.4 Å². The van der Waals surface area contributed by atoms with Gasteiger partial charge in [-0.15, -0.1) is 11.8 Å². The maximum atomic E-state index is 13.3. The number of hydrogen-bond acceptors (Lipinski definition) is 4. The summed E-state index contributed by atoms with van der Waals surface area (Å²) in [5.74, 6) is 0.867. The van der Waals surface area contributed by atoms with Crippen LogP contribution in [0.4, 0.5) is 0 Å². The summed E-state index contributed by atoms with van der Waals surface area (Å²) in [6.07, 6.45) is 32.6. The maximum Gasteiger partial charge on any atom is 0.328 e. The minimum absolute atomic E-state index is 0.0333. The van der Waals surface area contributed by atoms with Gasteiger partial charge in [-0.2, -0.15) is 0 Å². The minimum atomic E-state index is -0.578. The fraction of sp³-hybridized carbons (Fsp3) is 0.647. The van der Waals surface area contributed by atoms with Crippen LogP contribution < -0.4 is 5.32 Å². The molecule has 5 heteroatoms. The molecule has 0 rings (SSSR count). The molecular weight excluding hydrogens is 502 g/mol. The third-order valence-corrected chi connectivity index (χ3v) is 8.25. The van der Waals surface area contributed by atoms with Crippen molar-refractivity contribution in [1.82, 2.24) is 5.32 Å². The molecule has 0 aromatic heterocycles. The van der Waals surface area contributed by atoms with E-state index in [1.165, 1.54) is 0 Å². The smallest absolute Gasteiger partial charge is 0.328 e. The Kier molecular flexibility index (Phi) is 23.7. The zero-order chi connectivity index (χ0) is 29.2. The lowest BCUT2D eigenvalue weighted by Crippen LogP contribution is -2.51. The number of amides is 1. The van der Waals surface area contributed by atoms with Crippen LogP contribution >= 0.6 is 11.8 Å². The van der Waals surface area contributed by atoms with Crippen molar-refractivity contribution in [3.63, 3.8) is 0 Å². The normalized spacial score (nSPS) is 13.6. The highest BCUT2D eigenvalue weighted by atomic mass is 32.2. The molecule has 0 fully saturated rings. The van der Waals surface area contributed by atoms with E-state index in [0.717, 1.165) is 70.0 Å². The average molecular weight is 560 g/mol. The number of esters is 1. The Bertz CT molecular complexity index is 775. The summed E-state index contributed by atoms with van der Waals surface area (Å²) in [4.78, 5) is 25.7. The number of nitrogens with one attached hydrogen (secondary N) is 1. The lowest BCUT2D eigenvalue weighted by atomic mass is 9.98. The highest BCUT2D eigenvalue weighted by Gasteiger charge is 2.37. The van der Waals surface area contributed by atoms with E-state index < -0.39 is 10.8 Å². The Labute approximate surface area is 244 Å². The lowest BCUT2D eigenvalue weighted by molar-refractivity contribution is -0.148. The highest BCUT2D eigenvalue weighted by molar-refractivity contribution is 8.01. The molecule has 0 radical (unpaired) electrons. The molecule has 4 nitrogen and oxygen atoms in total. The molecule has 222 valence electrons. The number of carbonyl (C=O) groups excluding carboxylic acids is 2. The number of hydrogen-bond donors (Lipinski definition) is 1. The third kappa shape index (κ3) is 18.8. The number of carbonyl (C=O) groups is 2. The molecule has 0 heterocycles. The van der Waals surface area contributed by atoms with Gasteiger partial charge in [-0.25, -0.2) is 4.79 Å². The van der Waals surface area contributed by atoms with E-state index in [1.807, 2.05) is 0 Å². The monoisotopic (exact) mass is 559 g/mol. The zero-order valence-corrected chi connectivity index (χ0v) is 26.6. The van der Waals surface area contributed by atoms with Gasteiger partial charge in [0, 0.05) is 0 Å². The van der Waals surface area contributed by atoms with Gasteiger partial charge in [0.15, 0.2) is 0 Å². The molecule has 0 aromatic rings. The van der Waals surface area contributed by atoms with Crippen LogP contribution in [-0.4, -0.2) is 35.0 Å². The van der Waals surface area contributed by atoms with E-state index in [2.05, 4.69) is 101 Å². The Morgan fingerprint density at radius 3 is 1.74 bits per heavy atom. The van der Waals surface area contributed by atoms with Gasteiger partial charge < -0.3 is 10.1 Å². The van der Waals surface area contributed by atoms with E-state index >= 15 is 0 Å². The Morgan fingerprint density at radius 2 is 1.28 bits per heavy atom. The van der Waals surface area contributed by atoms with Gasteiger partial charge in [0.1, 0.15) is 6.04 Å². The summed E-state index contributed by atoms with van der Waals surface area (Å²) in [6, 6.07) is -0.578. The third-order valence-electron chi connectivity index (χ3n) is 6.44. The van der Waals surface area contributed by atoms with Crippen molar-refractivity contribution in [3.05, 3.63) is 60.8 Å².